The predicted octanol–water partition coefficient (Wildman–Crippen LogP) is 2.75. The molecule has 1 aromatic heterocycles. The molecule has 0 radical (unpaired) electrons. The quantitative estimate of drug-likeness (QED) is 0.716. The minimum Gasteiger partial charge on any atom is -0.497 e. The number of hydrogen-bond donors (Lipinski definition) is 1. The van der Waals surface area contributed by atoms with Gasteiger partial charge in [0.15, 0.2) is 0 Å². The van der Waals surface area contributed by atoms with Gasteiger partial charge in [-0.2, -0.15) is 0 Å². The molecule has 2 amide bonds. The SMILES string of the molecule is COc1ccc(N(Cc2cccs2)C(=O)CN(C)CC(=O)NC(C)C)cc1. The van der Waals surface area contributed by atoms with E-state index in [0.29, 0.717) is 6.54 Å². The summed E-state index contributed by atoms with van der Waals surface area (Å²) >= 11 is 1.61. The lowest BCUT2D eigenvalue weighted by Crippen LogP contribution is -2.43. The number of hydrogen-bond acceptors (Lipinski definition) is 5. The average molecular weight is 390 g/mol. The van der Waals surface area contributed by atoms with E-state index >= 15 is 0 Å². The molecule has 1 aromatic carbocycles. The Morgan fingerprint density at radius 2 is 1.85 bits per heavy atom. The van der Waals surface area contributed by atoms with Gasteiger partial charge in [-0.15, -0.1) is 11.3 Å². The van der Waals surface area contributed by atoms with Crippen LogP contribution in [0.3, 0.4) is 0 Å². The summed E-state index contributed by atoms with van der Waals surface area (Å²) < 4.78 is 5.20. The molecule has 0 atom stereocenters. The largest absolute Gasteiger partial charge is 0.497 e. The van der Waals surface area contributed by atoms with Gasteiger partial charge in [0.05, 0.1) is 26.7 Å². The zero-order valence-electron chi connectivity index (χ0n) is 16.3. The zero-order valence-corrected chi connectivity index (χ0v) is 17.1. The van der Waals surface area contributed by atoms with Crippen LogP contribution in [0.25, 0.3) is 0 Å². The van der Waals surface area contributed by atoms with E-state index in [1.165, 1.54) is 0 Å². The van der Waals surface area contributed by atoms with E-state index in [9.17, 15) is 9.59 Å². The Hall–Kier alpha value is -2.38. The third-order valence-corrected chi connectivity index (χ3v) is 4.71. The van der Waals surface area contributed by atoms with Crippen LogP contribution in [0.4, 0.5) is 5.69 Å². The van der Waals surface area contributed by atoms with E-state index < -0.39 is 0 Å². The Kier molecular flexibility index (Phi) is 7.82. The van der Waals surface area contributed by atoms with Gasteiger partial charge in [-0.3, -0.25) is 14.5 Å². The van der Waals surface area contributed by atoms with E-state index in [-0.39, 0.29) is 30.9 Å². The molecule has 0 aliphatic heterocycles. The molecule has 2 rings (SSSR count). The summed E-state index contributed by atoms with van der Waals surface area (Å²) in [6, 6.07) is 11.5. The van der Waals surface area contributed by atoms with Gasteiger partial charge in [-0.1, -0.05) is 6.07 Å². The number of rotatable bonds is 9. The number of carbonyl (C=O) groups is 2. The smallest absolute Gasteiger partial charge is 0.241 e. The lowest BCUT2D eigenvalue weighted by molar-refractivity contribution is -0.123. The van der Waals surface area contributed by atoms with Crippen molar-refractivity contribution in [2.45, 2.75) is 26.4 Å². The molecule has 7 heteroatoms. The normalized spacial score (nSPS) is 10.9. The van der Waals surface area contributed by atoms with Crippen LogP contribution in [-0.2, 0) is 16.1 Å². The first-order chi connectivity index (χ1) is 12.9. The van der Waals surface area contributed by atoms with E-state index in [1.807, 2.05) is 55.6 Å². The maximum Gasteiger partial charge on any atom is 0.241 e. The Morgan fingerprint density at radius 1 is 1.15 bits per heavy atom. The molecule has 2 aromatic rings. The number of benzene rings is 1. The average Bonchev–Trinajstić information content (AvgIpc) is 3.12. The lowest BCUT2D eigenvalue weighted by atomic mass is 10.2. The minimum absolute atomic E-state index is 0.0617. The van der Waals surface area contributed by atoms with Crippen molar-refractivity contribution in [3.8, 4) is 5.75 Å². The highest BCUT2D eigenvalue weighted by Gasteiger charge is 2.20. The summed E-state index contributed by atoms with van der Waals surface area (Å²) in [4.78, 5) is 29.4. The molecular weight excluding hydrogens is 362 g/mol. The van der Waals surface area contributed by atoms with Gasteiger partial charge in [0, 0.05) is 16.6 Å². The monoisotopic (exact) mass is 389 g/mol. The van der Waals surface area contributed by atoms with Crippen LogP contribution >= 0.6 is 11.3 Å². The van der Waals surface area contributed by atoms with Crippen molar-refractivity contribution < 1.29 is 14.3 Å². The molecule has 0 spiro atoms. The molecule has 0 aliphatic rings. The van der Waals surface area contributed by atoms with Gasteiger partial charge >= 0.3 is 0 Å². The molecule has 27 heavy (non-hydrogen) atoms. The second kappa shape index (κ2) is 10.1. The number of carbonyl (C=O) groups excluding carboxylic acids is 2. The molecule has 0 bridgehead atoms. The molecule has 0 unspecified atom stereocenters. The second-order valence-electron chi connectivity index (χ2n) is 6.65. The second-order valence-corrected chi connectivity index (χ2v) is 7.68. The van der Waals surface area contributed by atoms with Gasteiger partial charge < -0.3 is 15.0 Å². The fourth-order valence-corrected chi connectivity index (χ4v) is 3.32. The lowest BCUT2D eigenvalue weighted by Gasteiger charge is -2.25. The zero-order chi connectivity index (χ0) is 19.8. The first-order valence-electron chi connectivity index (χ1n) is 8.83. The van der Waals surface area contributed by atoms with Gasteiger partial charge in [0.1, 0.15) is 5.75 Å². The van der Waals surface area contributed by atoms with Crippen LogP contribution in [0, 0.1) is 0 Å². The molecular formula is C20H27N3O3S. The van der Waals surface area contributed by atoms with Crippen LogP contribution in [0.5, 0.6) is 5.75 Å². The predicted molar refractivity (Wildman–Crippen MR) is 109 cm³/mol. The number of anilines is 1. The molecule has 6 nitrogen and oxygen atoms in total. The van der Waals surface area contributed by atoms with Crippen molar-refractivity contribution in [2.75, 3.05) is 32.1 Å². The Balaban J connectivity index is 2.09. The number of thiophene rings is 1. The summed E-state index contributed by atoms with van der Waals surface area (Å²) in [6.45, 7) is 4.65. The first kappa shape index (κ1) is 20.9. The van der Waals surface area contributed by atoms with Gasteiger partial charge in [0.25, 0.3) is 0 Å². The number of ether oxygens (including phenoxy) is 1. The summed E-state index contributed by atoms with van der Waals surface area (Å²) in [7, 11) is 3.38. The fourth-order valence-electron chi connectivity index (χ4n) is 2.63. The van der Waals surface area contributed by atoms with Gasteiger partial charge in [-0.25, -0.2) is 0 Å². The maximum absolute atomic E-state index is 13.0. The number of nitrogens with one attached hydrogen (secondary N) is 1. The van der Waals surface area contributed by atoms with Gasteiger partial charge in [0.2, 0.25) is 11.8 Å². The molecule has 1 heterocycles. The number of amides is 2. The Morgan fingerprint density at radius 3 is 2.41 bits per heavy atom. The molecule has 146 valence electrons. The Bertz CT molecular complexity index is 729. The van der Waals surface area contributed by atoms with Crippen LogP contribution in [0.1, 0.15) is 18.7 Å². The van der Waals surface area contributed by atoms with Crippen molar-refractivity contribution in [3.63, 3.8) is 0 Å². The molecule has 0 saturated heterocycles. The number of likely N-dealkylation sites (N-methyl/N-ethyl adjacent to an activating group) is 1. The summed E-state index contributed by atoms with van der Waals surface area (Å²) in [5.74, 6) is 0.590. The van der Waals surface area contributed by atoms with Gasteiger partial charge in [-0.05, 0) is 56.6 Å². The summed E-state index contributed by atoms with van der Waals surface area (Å²) in [6.07, 6.45) is 0. The van der Waals surface area contributed by atoms with Crippen LogP contribution in [-0.4, -0.2) is 50.0 Å². The van der Waals surface area contributed by atoms with Crippen molar-refractivity contribution >= 4 is 28.8 Å². The highest BCUT2D eigenvalue weighted by molar-refractivity contribution is 7.09. The first-order valence-corrected chi connectivity index (χ1v) is 9.71. The van der Waals surface area contributed by atoms with E-state index in [2.05, 4.69) is 5.32 Å². The molecule has 0 saturated carbocycles. The van der Waals surface area contributed by atoms with Crippen molar-refractivity contribution in [1.29, 1.82) is 0 Å². The minimum atomic E-state index is -0.0884. The van der Waals surface area contributed by atoms with Crippen molar-refractivity contribution in [3.05, 3.63) is 46.7 Å². The Labute approximate surface area is 164 Å². The third-order valence-electron chi connectivity index (χ3n) is 3.85. The van der Waals surface area contributed by atoms with E-state index in [4.69, 9.17) is 4.74 Å². The van der Waals surface area contributed by atoms with Crippen LogP contribution < -0.4 is 15.0 Å². The third kappa shape index (κ3) is 6.69. The molecule has 0 aliphatic carbocycles. The topological polar surface area (TPSA) is 61.9 Å². The molecule has 0 fully saturated rings. The standard InChI is InChI=1S/C20H27N3O3S/c1-15(2)21-19(24)13-22(3)14-20(25)23(12-18-6-5-11-27-18)16-7-9-17(26-4)10-8-16/h5-11,15H,12-14H2,1-4H3,(H,21,24). The van der Waals surface area contributed by atoms with Crippen LogP contribution in [0.15, 0.2) is 41.8 Å². The van der Waals surface area contributed by atoms with E-state index in [1.54, 1.807) is 35.3 Å². The van der Waals surface area contributed by atoms with E-state index in [0.717, 1.165) is 16.3 Å². The highest BCUT2D eigenvalue weighted by atomic mass is 32.1. The fraction of sp³-hybridized carbons (Fsp3) is 0.400. The van der Waals surface area contributed by atoms with Crippen molar-refractivity contribution in [1.82, 2.24) is 10.2 Å². The number of methoxy groups -OCH3 is 1. The maximum atomic E-state index is 13.0. The summed E-state index contributed by atoms with van der Waals surface area (Å²) in [5, 5.41) is 4.83. The number of nitrogens with zero attached hydrogens (tertiary/aromatic N) is 2. The molecule has 1 N–H and O–H groups in total. The summed E-state index contributed by atoms with van der Waals surface area (Å²) in [5.41, 5.74) is 0.800. The highest BCUT2D eigenvalue weighted by Crippen LogP contribution is 2.23. The van der Waals surface area contributed by atoms with Crippen molar-refractivity contribution in [2.24, 2.45) is 0 Å². The van der Waals surface area contributed by atoms with Crippen LogP contribution in [0.2, 0.25) is 0 Å².